The fourth-order valence-electron chi connectivity index (χ4n) is 2.76. The summed E-state index contributed by atoms with van der Waals surface area (Å²) in [4.78, 5) is 13.9. The van der Waals surface area contributed by atoms with E-state index in [2.05, 4.69) is 21.2 Å². The average molecular weight is 443 g/mol. The van der Waals surface area contributed by atoms with Crippen molar-refractivity contribution in [2.24, 2.45) is 0 Å². The van der Waals surface area contributed by atoms with Gasteiger partial charge in [-0.3, -0.25) is 4.79 Å². The molecule has 1 amide bonds. The number of carbonyl (C=O) groups excluding carboxylic acids is 1. The van der Waals surface area contributed by atoms with Gasteiger partial charge < -0.3 is 14.8 Å². The Balaban J connectivity index is 1.88. The van der Waals surface area contributed by atoms with Crippen molar-refractivity contribution in [3.63, 3.8) is 0 Å². The smallest absolute Gasteiger partial charge is 0.252 e. The van der Waals surface area contributed by atoms with Crippen LogP contribution in [0.3, 0.4) is 0 Å². The molecular formula is C18H17BrClNO3S. The van der Waals surface area contributed by atoms with Crippen molar-refractivity contribution in [1.82, 2.24) is 5.32 Å². The van der Waals surface area contributed by atoms with Gasteiger partial charge in [0.05, 0.1) is 20.3 Å². The highest BCUT2D eigenvalue weighted by molar-refractivity contribution is 9.10. The predicted molar refractivity (Wildman–Crippen MR) is 104 cm³/mol. The van der Waals surface area contributed by atoms with Crippen LogP contribution < -0.4 is 14.8 Å². The lowest BCUT2D eigenvalue weighted by Gasteiger charge is -2.26. The topological polar surface area (TPSA) is 47.6 Å². The minimum atomic E-state index is -0.174. The maximum Gasteiger partial charge on any atom is 0.252 e. The van der Waals surface area contributed by atoms with E-state index in [4.69, 9.17) is 21.1 Å². The molecule has 7 heteroatoms. The minimum Gasteiger partial charge on any atom is -0.495 e. The highest BCUT2D eigenvalue weighted by Crippen LogP contribution is 2.39. The van der Waals surface area contributed by atoms with Gasteiger partial charge in [-0.25, -0.2) is 0 Å². The fraction of sp³-hybridized carbons (Fsp3) is 0.278. The summed E-state index contributed by atoms with van der Waals surface area (Å²) in [5.41, 5.74) is 1.55. The van der Waals surface area contributed by atoms with Gasteiger partial charge in [0.25, 0.3) is 5.91 Å². The molecule has 4 nitrogen and oxygen atoms in total. The van der Waals surface area contributed by atoms with Gasteiger partial charge >= 0.3 is 0 Å². The second-order valence-corrected chi connectivity index (χ2v) is 7.91. The van der Waals surface area contributed by atoms with E-state index in [0.717, 1.165) is 22.6 Å². The Hall–Kier alpha value is -1.37. The van der Waals surface area contributed by atoms with Gasteiger partial charge in [-0.15, -0.1) is 11.8 Å². The molecule has 1 unspecified atom stereocenters. The van der Waals surface area contributed by atoms with E-state index in [9.17, 15) is 4.79 Å². The van der Waals surface area contributed by atoms with Gasteiger partial charge in [-0.05, 0) is 58.2 Å². The minimum absolute atomic E-state index is 0.0666. The molecule has 1 aliphatic heterocycles. The van der Waals surface area contributed by atoms with Crippen LogP contribution in [0.1, 0.15) is 28.4 Å². The lowest BCUT2D eigenvalue weighted by Crippen LogP contribution is -2.30. The van der Waals surface area contributed by atoms with E-state index >= 15 is 0 Å². The highest BCUT2D eigenvalue weighted by Gasteiger charge is 2.24. The second kappa shape index (κ2) is 7.89. The summed E-state index contributed by atoms with van der Waals surface area (Å²) in [6, 6.07) is 9.13. The number of halogens is 2. The summed E-state index contributed by atoms with van der Waals surface area (Å²) in [6.07, 6.45) is 0.856. The van der Waals surface area contributed by atoms with E-state index in [1.165, 1.54) is 0 Å². The molecule has 1 N–H and O–H groups in total. The molecule has 3 rings (SSSR count). The van der Waals surface area contributed by atoms with Crippen molar-refractivity contribution in [1.29, 1.82) is 0 Å². The number of rotatable bonds is 4. The Kier molecular flexibility index (Phi) is 5.81. The zero-order chi connectivity index (χ0) is 18.0. The van der Waals surface area contributed by atoms with Crippen LogP contribution in [0.4, 0.5) is 0 Å². The van der Waals surface area contributed by atoms with E-state index in [1.807, 2.05) is 18.2 Å². The molecule has 0 spiro atoms. The van der Waals surface area contributed by atoms with Crippen molar-refractivity contribution in [2.75, 3.05) is 20.0 Å². The molecule has 1 heterocycles. The first-order valence-electron chi connectivity index (χ1n) is 7.68. The quantitative estimate of drug-likeness (QED) is 0.717. The van der Waals surface area contributed by atoms with Crippen molar-refractivity contribution in [3.8, 4) is 11.5 Å². The third kappa shape index (κ3) is 3.91. The molecule has 2 aromatic carbocycles. The SMILES string of the molecule is COc1cc(C(=O)NC2CCSc3ccc(Cl)cc32)cc(OC)c1Br. The number of thioether (sulfide) groups is 1. The number of ether oxygens (including phenoxy) is 2. The van der Waals surface area contributed by atoms with Gasteiger partial charge in [-0.1, -0.05) is 11.6 Å². The van der Waals surface area contributed by atoms with Crippen LogP contribution in [0.25, 0.3) is 0 Å². The number of hydrogen-bond donors (Lipinski definition) is 1. The Morgan fingerprint density at radius 1 is 1.24 bits per heavy atom. The number of hydrogen-bond acceptors (Lipinski definition) is 4. The van der Waals surface area contributed by atoms with Crippen LogP contribution in [-0.4, -0.2) is 25.9 Å². The molecule has 0 aromatic heterocycles. The standard InChI is InChI=1S/C18H17BrClNO3S/c1-23-14-7-10(8-15(24-2)17(14)19)18(22)21-13-5-6-25-16-4-3-11(20)9-12(13)16/h3-4,7-9,13H,5-6H2,1-2H3,(H,21,22). The van der Waals surface area contributed by atoms with Gasteiger partial charge in [0.1, 0.15) is 16.0 Å². The van der Waals surface area contributed by atoms with E-state index in [0.29, 0.717) is 26.6 Å². The number of methoxy groups -OCH3 is 2. The lowest BCUT2D eigenvalue weighted by molar-refractivity contribution is 0.0934. The van der Waals surface area contributed by atoms with Crippen LogP contribution in [0, 0.1) is 0 Å². The predicted octanol–water partition coefficient (Wildman–Crippen LogP) is 5.09. The van der Waals surface area contributed by atoms with Gasteiger partial charge in [0.2, 0.25) is 0 Å². The first-order valence-corrected chi connectivity index (χ1v) is 9.83. The van der Waals surface area contributed by atoms with Crippen LogP contribution in [0.5, 0.6) is 11.5 Å². The molecule has 0 aliphatic carbocycles. The Morgan fingerprint density at radius 2 is 1.92 bits per heavy atom. The molecule has 0 fully saturated rings. The molecule has 0 bridgehead atoms. The molecule has 2 aromatic rings. The number of carbonyl (C=O) groups is 1. The summed E-state index contributed by atoms with van der Waals surface area (Å²) < 4.78 is 11.3. The summed E-state index contributed by atoms with van der Waals surface area (Å²) in [5.74, 6) is 1.87. The summed E-state index contributed by atoms with van der Waals surface area (Å²) in [7, 11) is 3.11. The first kappa shape index (κ1) is 18.4. The average Bonchev–Trinajstić information content (AvgIpc) is 2.62. The van der Waals surface area contributed by atoms with Crippen molar-refractivity contribution in [2.45, 2.75) is 17.4 Å². The molecule has 132 valence electrons. The molecule has 25 heavy (non-hydrogen) atoms. The highest BCUT2D eigenvalue weighted by atomic mass is 79.9. The molecule has 1 atom stereocenters. The molecule has 1 aliphatic rings. The number of amides is 1. The number of fused-ring (bicyclic) bond motifs is 1. The zero-order valence-corrected chi connectivity index (χ0v) is 16.9. The van der Waals surface area contributed by atoms with Gasteiger partial charge in [0.15, 0.2) is 0 Å². The first-order chi connectivity index (χ1) is 12.0. The molecule has 0 saturated heterocycles. The van der Waals surface area contributed by atoms with Crippen molar-refractivity contribution in [3.05, 3.63) is 51.0 Å². The van der Waals surface area contributed by atoms with Gasteiger partial charge in [-0.2, -0.15) is 0 Å². The largest absolute Gasteiger partial charge is 0.495 e. The number of nitrogens with one attached hydrogen (secondary N) is 1. The molecule has 0 radical (unpaired) electrons. The fourth-order valence-corrected chi connectivity index (χ4v) is 4.60. The van der Waals surface area contributed by atoms with Crippen LogP contribution in [0.15, 0.2) is 39.7 Å². The lowest BCUT2D eigenvalue weighted by atomic mass is 10.0. The van der Waals surface area contributed by atoms with Gasteiger partial charge in [0, 0.05) is 21.2 Å². The molecule has 0 saturated carbocycles. The molecular weight excluding hydrogens is 426 g/mol. The Bertz CT molecular complexity index is 790. The third-order valence-corrected chi connectivity index (χ3v) is 6.16. The van der Waals surface area contributed by atoms with Crippen molar-refractivity contribution < 1.29 is 14.3 Å². The van der Waals surface area contributed by atoms with E-state index < -0.39 is 0 Å². The van der Waals surface area contributed by atoms with Crippen LogP contribution in [0.2, 0.25) is 5.02 Å². The van der Waals surface area contributed by atoms with E-state index in [-0.39, 0.29) is 11.9 Å². The summed E-state index contributed by atoms with van der Waals surface area (Å²) in [5, 5.41) is 3.78. The number of benzene rings is 2. The summed E-state index contributed by atoms with van der Waals surface area (Å²) in [6.45, 7) is 0. The monoisotopic (exact) mass is 441 g/mol. The third-order valence-electron chi connectivity index (χ3n) is 4.02. The Morgan fingerprint density at radius 3 is 2.56 bits per heavy atom. The second-order valence-electron chi connectivity index (χ2n) is 5.54. The normalized spacial score (nSPS) is 16.1. The van der Waals surface area contributed by atoms with Crippen molar-refractivity contribution >= 4 is 45.2 Å². The Labute approximate surface area is 164 Å². The maximum atomic E-state index is 12.8. The maximum absolute atomic E-state index is 12.8. The zero-order valence-electron chi connectivity index (χ0n) is 13.8. The van der Waals surface area contributed by atoms with E-state index in [1.54, 1.807) is 38.1 Å². The van der Waals surface area contributed by atoms with Crippen LogP contribution in [-0.2, 0) is 0 Å². The van der Waals surface area contributed by atoms with Crippen LogP contribution >= 0.6 is 39.3 Å². The summed E-state index contributed by atoms with van der Waals surface area (Å²) >= 11 is 11.3.